The number of likely N-dealkylation sites (tertiary alicyclic amines) is 1. The molecular formula is C32H42N2O7. The molecule has 1 atom stereocenters. The summed E-state index contributed by atoms with van der Waals surface area (Å²) in [5.74, 6) is 0.573. The van der Waals surface area contributed by atoms with Crippen LogP contribution < -0.4 is 14.2 Å². The fraction of sp³-hybridized carbons (Fsp3) is 0.500. The van der Waals surface area contributed by atoms with Crippen LogP contribution in [0.1, 0.15) is 50.8 Å². The van der Waals surface area contributed by atoms with E-state index < -0.39 is 17.7 Å². The minimum atomic E-state index is -0.796. The molecule has 1 unspecified atom stereocenters. The van der Waals surface area contributed by atoms with Gasteiger partial charge in [-0.15, -0.1) is 0 Å². The van der Waals surface area contributed by atoms with Crippen molar-refractivity contribution in [3.63, 3.8) is 0 Å². The standard InChI is InChI=1S/C32H42N2O7/c1-5-16-40-25-8-6-7-24(20-25)30(35)28-29(23-9-10-26(27(21-23)38-4)41-17-11-22(2)3)34(32(37)31(28)36)13-12-33-14-18-39-19-15-33/h6-10,20-22,29,35H,5,11-19H2,1-4H3/b30-28+. The quantitative estimate of drug-likeness (QED) is 0.212. The molecular weight excluding hydrogens is 524 g/mol. The van der Waals surface area contributed by atoms with E-state index in [4.69, 9.17) is 18.9 Å². The molecule has 2 heterocycles. The number of aliphatic hydroxyl groups excluding tert-OH is 1. The van der Waals surface area contributed by atoms with Crippen LogP contribution in [0.25, 0.3) is 5.76 Å². The topological polar surface area (TPSA) is 97.8 Å². The van der Waals surface area contributed by atoms with Crippen molar-refractivity contribution in [2.45, 2.75) is 39.7 Å². The van der Waals surface area contributed by atoms with Crippen LogP contribution in [0.4, 0.5) is 0 Å². The lowest BCUT2D eigenvalue weighted by molar-refractivity contribution is -0.140. The van der Waals surface area contributed by atoms with Crippen molar-refractivity contribution >= 4 is 17.4 Å². The second-order valence-electron chi connectivity index (χ2n) is 10.8. The molecule has 222 valence electrons. The first-order valence-corrected chi connectivity index (χ1v) is 14.5. The molecule has 2 aliphatic rings. The summed E-state index contributed by atoms with van der Waals surface area (Å²) in [6, 6.07) is 11.6. The van der Waals surface area contributed by atoms with Crippen LogP contribution in [0.3, 0.4) is 0 Å². The number of ketones is 1. The molecule has 0 radical (unpaired) electrons. The van der Waals surface area contributed by atoms with Gasteiger partial charge in [0.15, 0.2) is 11.5 Å². The van der Waals surface area contributed by atoms with E-state index in [1.165, 1.54) is 0 Å². The molecule has 2 aromatic carbocycles. The summed E-state index contributed by atoms with van der Waals surface area (Å²) in [6.45, 7) is 11.0. The molecule has 2 aliphatic heterocycles. The van der Waals surface area contributed by atoms with Crippen LogP contribution in [0, 0.1) is 5.92 Å². The summed E-state index contributed by atoms with van der Waals surface area (Å²) in [4.78, 5) is 30.7. The van der Waals surface area contributed by atoms with E-state index in [0.717, 1.165) is 25.9 Å². The van der Waals surface area contributed by atoms with Crippen molar-refractivity contribution in [2.75, 3.05) is 59.7 Å². The van der Waals surface area contributed by atoms with Crippen molar-refractivity contribution in [3.05, 3.63) is 59.2 Å². The maximum atomic E-state index is 13.5. The highest BCUT2D eigenvalue weighted by atomic mass is 16.5. The Balaban J connectivity index is 1.73. The first kappa shape index (κ1) is 30.4. The predicted molar refractivity (Wildman–Crippen MR) is 156 cm³/mol. The minimum absolute atomic E-state index is 0.0418. The first-order chi connectivity index (χ1) is 19.8. The van der Waals surface area contributed by atoms with E-state index >= 15 is 0 Å². The summed E-state index contributed by atoms with van der Waals surface area (Å²) in [5.41, 5.74) is 1.11. The Morgan fingerprint density at radius 2 is 1.80 bits per heavy atom. The number of rotatable bonds is 13. The molecule has 0 saturated carbocycles. The number of hydrogen-bond donors (Lipinski definition) is 1. The number of aliphatic hydroxyl groups is 1. The van der Waals surface area contributed by atoms with Gasteiger partial charge in [0.1, 0.15) is 11.5 Å². The molecule has 4 rings (SSSR count). The number of carbonyl (C=O) groups excluding carboxylic acids is 2. The van der Waals surface area contributed by atoms with E-state index in [2.05, 4.69) is 18.7 Å². The maximum absolute atomic E-state index is 13.5. The van der Waals surface area contributed by atoms with Crippen LogP contribution in [0.2, 0.25) is 0 Å². The molecule has 41 heavy (non-hydrogen) atoms. The van der Waals surface area contributed by atoms with Gasteiger partial charge in [0.25, 0.3) is 11.7 Å². The summed E-state index contributed by atoms with van der Waals surface area (Å²) >= 11 is 0. The normalized spacial score (nSPS) is 19.1. The van der Waals surface area contributed by atoms with E-state index in [-0.39, 0.29) is 11.3 Å². The highest BCUT2D eigenvalue weighted by Gasteiger charge is 2.46. The molecule has 9 nitrogen and oxygen atoms in total. The number of methoxy groups -OCH3 is 1. The van der Waals surface area contributed by atoms with E-state index in [1.54, 1.807) is 48.4 Å². The Labute approximate surface area is 242 Å². The fourth-order valence-electron chi connectivity index (χ4n) is 5.02. The van der Waals surface area contributed by atoms with E-state index in [9.17, 15) is 14.7 Å². The number of morpholine rings is 1. The molecule has 9 heteroatoms. The van der Waals surface area contributed by atoms with Gasteiger partial charge in [0, 0.05) is 31.7 Å². The zero-order valence-electron chi connectivity index (χ0n) is 24.6. The predicted octanol–water partition coefficient (Wildman–Crippen LogP) is 4.66. The average molecular weight is 567 g/mol. The molecule has 0 aliphatic carbocycles. The third-order valence-electron chi connectivity index (χ3n) is 7.34. The van der Waals surface area contributed by atoms with Gasteiger partial charge in [-0.25, -0.2) is 0 Å². The van der Waals surface area contributed by atoms with E-state index in [0.29, 0.717) is 73.8 Å². The van der Waals surface area contributed by atoms with Gasteiger partial charge in [-0.05, 0) is 48.6 Å². The molecule has 2 fully saturated rings. The van der Waals surface area contributed by atoms with Crippen molar-refractivity contribution < 1.29 is 33.6 Å². The smallest absolute Gasteiger partial charge is 0.295 e. The minimum Gasteiger partial charge on any atom is -0.507 e. The van der Waals surface area contributed by atoms with Crippen LogP contribution in [-0.4, -0.2) is 86.3 Å². The zero-order valence-corrected chi connectivity index (χ0v) is 24.6. The first-order valence-electron chi connectivity index (χ1n) is 14.5. The molecule has 2 aromatic rings. The summed E-state index contributed by atoms with van der Waals surface area (Å²) in [7, 11) is 1.56. The van der Waals surface area contributed by atoms with E-state index in [1.807, 2.05) is 13.0 Å². The number of benzene rings is 2. The number of hydrogen-bond acceptors (Lipinski definition) is 8. The number of ether oxygens (including phenoxy) is 4. The SMILES string of the molecule is CCCOc1cccc(/C(O)=C2\C(=O)C(=O)N(CCN3CCOCC3)C2c2ccc(OCCC(C)C)c(OC)c2)c1. The third-order valence-corrected chi connectivity index (χ3v) is 7.34. The van der Waals surface area contributed by atoms with Crippen molar-refractivity contribution in [2.24, 2.45) is 5.92 Å². The third kappa shape index (κ3) is 7.40. The number of amides is 1. The largest absolute Gasteiger partial charge is 0.507 e. The second kappa shape index (κ2) is 14.4. The molecule has 0 spiro atoms. The Morgan fingerprint density at radius 1 is 1.02 bits per heavy atom. The monoisotopic (exact) mass is 566 g/mol. The lowest BCUT2D eigenvalue weighted by Gasteiger charge is -2.31. The number of carbonyl (C=O) groups is 2. The van der Waals surface area contributed by atoms with Crippen molar-refractivity contribution in [1.82, 2.24) is 9.80 Å². The summed E-state index contributed by atoms with van der Waals surface area (Å²) in [6.07, 6.45) is 1.73. The van der Waals surface area contributed by atoms with Crippen LogP contribution in [0.15, 0.2) is 48.0 Å². The molecule has 0 aromatic heterocycles. The Hall–Kier alpha value is -3.56. The lowest BCUT2D eigenvalue weighted by atomic mass is 9.95. The highest BCUT2D eigenvalue weighted by molar-refractivity contribution is 6.46. The molecule has 0 bridgehead atoms. The van der Waals surface area contributed by atoms with Gasteiger partial charge in [-0.3, -0.25) is 14.5 Å². The second-order valence-corrected chi connectivity index (χ2v) is 10.8. The maximum Gasteiger partial charge on any atom is 0.295 e. The summed E-state index contributed by atoms with van der Waals surface area (Å²) < 4.78 is 22.8. The Bertz CT molecular complexity index is 1240. The highest BCUT2D eigenvalue weighted by Crippen LogP contribution is 2.42. The van der Waals surface area contributed by atoms with Crippen LogP contribution in [0.5, 0.6) is 17.2 Å². The van der Waals surface area contributed by atoms with Crippen molar-refractivity contribution in [3.8, 4) is 17.2 Å². The van der Waals surface area contributed by atoms with Gasteiger partial charge >= 0.3 is 0 Å². The lowest BCUT2D eigenvalue weighted by Crippen LogP contribution is -2.42. The molecule has 2 saturated heterocycles. The Morgan fingerprint density at radius 3 is 2.51 bits per heavy atom. The fourth-order valence-corrected chi connectivity index (χ4v) is 5.02. The van der Waals surface area contributed by atoms with Gasteiger partial charge in [0.05, 0.1) is 45.2 Å². The molecule has 1 amide bonds. The zero-order chi connectivity index (χ0) is 29.4. The van der Waals surface area contributed by atoms with Gasteiger partial charge < -0.3 is 29.0 Å². The van der Waals surface area contributed by atoms with Crippen LogP contribution >= 0.6 is 0 Å². The van der Waals surface area contributed by atoms with Gasteiger partial charge in [0.2, 0.25) is 0 Å². The number of nitrogens with zero attached hydrogens (tertiary/aromatic N) is 2. The van der Waals surface area contributed by atoms with Gasteiger partial charge in [-0.2, -0.15) is 0 Å². The Kier molecular flexibility index (Phi) is 10.7. The van der Waals surface area contributed by atoms with Gasteiger partial charge in [-0.1, -0.05) is 39.0 Å². The van der Waals surface area contributed by atoms with Crippen molar-refractivity contribution in [1.29, 1.82) is 0 Å². The van der Waals surface area contributed by atoms with Crippen LogP contribution in [-0.2, 0) is 14.3 Å². The molecule has 1 N–H and O–H groups in total. The number of Topliss-reactive ketones (excluding diaryl/α,β-unsaturated/α-hetero) is 1. The summed E-state index contributed by atoms with van der Waals surface area (Å²) in [5, 5.41) is 11.5. The average Bonchev–Trinajstić information content (AvgIpc) is 3.24.